The summed E-state index contributed by atoms with van der Waals surface area (Å²) in [6.45, 7) is 5.17. The molecule has 1 aromatic carbocycles. The van der Waals surface area contributed by atoms with Crippen LogP contribution in [0.5, 0.6) is 5.75 Å². The van der Waals surface area contributed by atoms with Crippen LogP contribution >= 0.6 is 0 Å². The number of phenolic OH excluding ortho intramolecular Hbond substituents is 1. The van der Waals surface area contributed by atoms with Crippen LogP contribution in [0.4, 0.5) is 10.5 Å². The van der Waals surface area contributed by atoms with Crippen molar-refractivity contribution in [1.29, 1.82) is 0 Å². The number of carboxylic acid groups (broad SMARTS) is 1. The summed E-state index contributed by atoms with van der Waals surface area (Å²) in [5, 5.41) is 20.9. The number of carbonyl (C=O) groups excluding carboxylic acids is 1. The lowest BCUT2D eigenvalue weighted by atomic mass is 10.0. The van der Waals surface area contributed by atoms with Crippen molar-refractivity contribution in [2.75, 3.05) is 5.32 Å². The molecule has 1 amide bonds. The molecule has 0 aliphatic heterocycles. The lowest BCUT2D eigenvalue weighted by molar-refractivity contribution is -0.137. The fourth-order valence-electron chi connectivity index (χ4n) is 1.60. The second-order valence-electron chi connectivity index (χ2n) is 5.61. The van der Waals surface area contributed by atoms with Gasteiger partial charge in [0.1, 0.15) is 11.4 Å². The number of aliphatic carboxylic acids is 1. The first-order valence-electron chi connectivity index (χ1n) is 6.39. The maximum atomic E-state index is 11.6. The van der Waals surface area contributed by atoms with Crippen LogP contribution in [-0.2, 0) is 9.53 Å². The number of phenols is 1. The molecule has 7 heteroatoms. The van der Waals surface area contributed by atoms with Gasteiger partial charge in [-0.2, -0.15) is 0 Å². The Morgan fingerprint density at radius 2 is 2.00 bits per heavy atom. The molecule has 0 saturated carbocycles. The molecule has 0 fully saturated rings. The number of nitrogens with two attached hydrogens (primary N) is 1. The number of carbonyl (C=O) groups is 2. The molecular weight excluding hydrogens is 276 g/mol. The number of benzene rings is 1. The number of hydrogen-bond acceptors (Lipinski definition) is 5. The van der Waals surface area contributed by atoms with Gasteiger partial charge < -0.3 is 20.7 Å². The monoisotopic (exact) mass is 296 g/mol. The summed E-state index contributed by atoms with van der Waals surface area (Å²) in [4.78, 5) is 22.2. The number of aromatic hydroxyl groups is 1. The Morgan fingerprint density at radius 1 is 1.38 bits per heavy atom. The smallest absolute Gasteiger partial charge is 0.412 e. The van der Waals surface area contributed by atoms with Crippen LogP contribution < -0.4 is 11.1 Å². The van der Waals surface area contributed by atoms with Crippen LogP contribution in [0.3, 0.4) is 0 Å². The zero-order chi connectivity index (χ0) is 16.2. The first-order chi connectivity index (χ1) is 9.58. The Labute approximate surface area is 122 Å². The second-order valence-corrected chi connectivity index (χ2v) is 5.61. The van der Waals surface area contributed by atoms with Crippen molar-refractivity contribution in [3.63, 3.8) is 0 Å². The van der Waals surface area contributed by atoms with Gasteiger partial charge in [-0.15, -0.1) is 0 Å². The van der Waals surface area contributed by atoms with Crippen molar-refractivity contribution < 1.29 is 24.5 Å². The number of amides is 1. The standard InChI is InChI=1S/C14H20N2O5/c1-14(2,3)21-13(20)16-10-5-4-8(6-11(10)17)9(15)7-12(18)19/h4-6,9,17H,7,15H2,1-3H3,(H,16,20)(H,18,19). The Balaban J connectivity index is 2.79. The van der Waals surface area contributed by atoms with E-state index in [1.807, 2.05) is 0 Å². The quantitative estimate of drug-likeness (QED) is 0.632. The fourth-order valence-corrected chi connectivity index (χ4v) is 1.60. The summed E-state index contributed by atoms with van der Waals surface area (Å²) in [6.07, 6.45) is -0.946. The summed E-state index contributed by atoms with van der Waals surface area (Å²) in [6, 6.07) is 3.57. The molecule has 116 valence electrons. The van der Waals surface area contributed by atoms with Gasteiger partial charge in [0.25, 0.3) is 0 Å². The molecule has 1 unspecified atom stereocenters. The van der Waals surface area contributed by atoms with Crippen LogP contribution in [0.15, 0.2) is 18.2 Å². The first-order valence-corrected chi connectivity index (χ1v) is 6.39. The minimum Gasteiger partial charge on any atom is -0.506 e. The summed E-state index contributed by atoms with van der Waals surface area (Å²) in [5.41, 5.74) is 5.67. The van der Waals surface area contributed by atoms with Crippen LogP contribution in [0.1, 0.15) is 38.8 Å². The largest absolute Gasteiger partial charge is 0.506 e. The third-order valence-corrected chi connectivity index (χ3v) is 2.48. The number of anilines is 1. The Morgan fingerprint density at radius 3 is 2.48 bits per heavy atom. The lowest BCUT2D eigenvalue weighted by Crippen LogP contribution is -2.27. The number of nitrogens with one attached hydrogen (secondary N) is 1. The lowest BCUT2D eigenvalue weighted by Gasteiger charge is -2.20. The minimum absolute atomic E-state index is 0.163. The topological polar surface area (TPSA) is 122 Å². The van der Waals surface area contributed by atoms with Crippen molar-refractivity contribution in [1.82, 2.24) is 0 Å². The van der Waals surface area contributed by atoms with Crippen LogP contribution in [0.2, 0.25) is 0 Å². The minimum atomic E-state index is -1.03. The van der Waals surface area contributed by atoms with Crippen molar-refractivity contribution >= 4 is 17.7 Å². The molecule has 0 aromatic heterocycles. The molecule has 5 N–H and O–H groups in total. The normalized spacial score (nSPS) is 12.6. The first kappa shape index (κ1) is 16.8. The van der Waals surface area contributed by atoms with Gasteiger partial charge in [0.15, 0.2) is 0 Å². The zero-order valence-electron chi connectivity index (χ0n) is 12.2. The molecular formula is C14H20N2O5. The molecule has 1 aromatic rings. The molecule has 1 rings (SSSR count). The van der Waals surface area contributed by atoms with Gasteiger partial charge in [0.2, 0.25) is 0 Å². The van der Waals surface area contributed by atoms with E-state index in [0.717, 1.165) is 0 Å². The van der Waals surface area contributed by atoms with Gasteiger partial charge in [-0.05, 0) is 38.5 Å². The van der Waals surface area contributed by atoms with Gasteiger partial charge in [-0.3, -0.25) is 10.1 Å². The maximum Gasteiger partial charge on any atom is 0.412 e. The number of hydrogen-bond donors (Lipinski definition) is 4. The van der Waals surface area contributed by atoms with E-state index in [0.29, 0.717) is 5.56 Å². The average molecular weight is 296 g/mol. The molecule has 0 heterocycles. The van der Waals surface area contributed by atoms with Crippen LogP contribution in [-0.4, -0.2) is 27.9 Å². The fraction of sp³-hybridized carbons (Fsp3) is 0.429. The highest BCUT2D eigenvalue weighted by Gasteiger charge is 2.18. The molecule has 0 saturated heterocycles. The van der Waals surface area contributed by atoms with Crippen molar-refractivity contribution in [3.05, 3.63) is 23.8 Å². The van der Waals surface area contributed by atoms with Crippen molar-refractivity contribution in [2.24, 2.45) is 5.73 Å². The van der Waals surface area contributed by atoms with E-state index in [2.05, 4.69) is 5.32 Å². The average Bonchev–Trinajstić information content (AvgIpc) is 2.28. The van der Waals surface area contributed by atoms with Crippen LogP contribution in [0, 0.1) is 0 Å². The van der Waals surface area contributed by atoms with Gasteiger partial charge in [0, 0.05) is 6.04 Å². The highest BCUT2D eigenvalue weighted by atomic mass is 16.6. The van der Waals surface area contributed by atoms with E-state index in [1.165, 1.54) is 12.1 Å². The summed E-state index contributed by atoms with van der Waals surface area (Å²) >= 11 is 0. The van der Waals surface area contributed by atoms with E-state index in [-0.39, 0.29) is 17.9 Å². The van der Waals surface area contributed by atoms with Gasteiger partial charge in [-0.1, -0.05) is 6.07 Å². The summed E-state index contributed by atoms with van der Waals surface area (Å²) < 4.78 is 5.06. The van der Waals surface area contributed by atoms with Gasteiger partial charge in [0.05, 0.1) is 12.1 Å². The third-order valence-electron chi connectivity index (χ3n) is 2.48. The van der Waals surface area contributed by atoms with E-state index in [1.54, 1.807) is 26.8 Å². The second kappa shape index (κ2) is 6.45. The number of rotatable bonds is 4. The molecule has 1 atom stereocenters. The highest BCUT2D eigenvalue weighted by Crippen LogP contribution is 2.28. The molecule has 0 spiro atoms. The summed E-state index contributed by atoms with van der Waals surface area (Å²) in [5.74, 6) is -1.24. The maximum absolute atomic E-state index is 11.6. The van der Waals surface area contributed by atoms with Crippen molar-refractivity contribution in [3.8, 4) is 5.75 Å². The molecule has 0 aliphatic carbocycles. The predicted molar refractivity (Wildman–Crippen MR) is 77.1 cm³/mol. The van der Waals surface area contributed by atoms with E-state index >= 15 is 0 Å². The highest BCUT2D eigenvalue weighted by molar-refractivity contribution is 5.87. The Kier molecular flexibility index (Phi) is 5.15. The third kappa shape index (κ3) is 5.70. The molecule has 21 heavy (non-hydrogen) atoms. The molecule has 0 aliphatic rings. The Bertz CT molecular complexity index is 537. The molecule has 0 radical (unpaired) electrons. The van der Waals surface area contributed by atoms with Gasteiger partial charge >= 0.3 is 12.1 Å². The number of ether oxygens (including phenoxy) is 1. The summed E-state index contributed by atoms with van der Waals surface area (Å²) in [7, 11) is 0. The van der Waals surface area contributed by atoms with Crippen LogP contribution in [0.25, 0.3) is 0 Å². The predicted octanol–water partition coefficient (Wildman–Crippen LogP) is 2.21. The van der Waals surface area contributed by atoms with Crippen molar-refractivity contribution in [2.45, 2.75) is 38.8 Å². The van der Waals surface area contributed by atoms with Gasteiger partial charge in [-0.25, -0.2) is 4.79 Å². The Hall–Kier alpha value is -2.28. The van der Waals surface area contributed by atoms with E-state index < -0.39 is 23.7 Å². The number of carboxylic acids is 1. The zero-order valence-corrected chi connectivity index (χ0v) is 12.2. The molecule has 7 nitrogen and oxygen atoms in total. The SMILES string of the molecule is CC(C)(C)OC(=O)Nc1ccc(C(N)CC(=O)O)cc1O. The van der Waals surface area contributed by atoms with E-state index in [4.69, 9.17) is 15.6 Å². The molecule has 0 bridgehead atoms. The van der Waals surface area contributed by atoms with E-state index in [9.17, 15) is 14.7 Å².